The highest BCUT2D eigenvalue weighted by Gasteiger charge is 2.38. The SMILES string of the molecule is CC1C(CSc2cccc[n+]2[O-])OC(c2cccc(NC(=O)CCCC(=O)O)c2)OC1c1ccc(CO)cc1. The molecular formula is C29H32N2O7S. The lowest BCUT2D eigenvalue weighted by Gasteiger charge is -2.41. The lowest BCUT2D eigenvalue weighted by molar-refractivity contribution is -0.645. The molecule has 3 aromatic rings. The number of nitrogens with one attached hydrogen (secondary N) is 1. The number of carbonyl (C=O) groups is 2. The van der Waals surface area contributed by atoms with E-state index in [1.165, 1.54) is 18.0 Å². The molecule has 206 valence electrons. The van der Waals surface area contributed by atoms with Gasteiger partial charge in [0.25, 0.3) is 5.03 Å². The first kappa shape index (κ1) is 28.6. The average molecular weight is 553 g/mol. The number of thioether (sulfide) groups is 1. The molecule has 0 saturated carbocycles. The fourth-order valence-corrected chi connectivity index (χ4v) is 5.47. The van der Waals surface area contributed by atoms with Gasteiger partial charge in [-0.1, -0.05) is 55.1 Å². The van der Waals surface area contributed by atoms with Crippen molar-refractivity contribution >= 4 is 29.3 Å². The molecule has 1 amide bonds. The van der Waals surface area contributed by atoms with E-state index in [4.69, 9.17) is 14.6 Å². The summed E-state index contributed by atoms with van der Waals surface area (Å²) in [5, 5.41) is 33.8. The highest BCUT2D eigenvalue weighted by Crippen LogP contribution is 2.43. The van der Waals surface area contributed by atoms with Crippen LogP contribution in [0.5, 0.6) is 0 Å². The smallest absolute Gasteiger partial charge is 0.303 e. The Balaban J connectivity index is 1.53. The van der Waals surface area contributed by atoms with Crippen molar-refractivity contribution in [2.24, 2.45) is 5.92 Å². The van der Waals surface area contributed by atoms with Crippen molar-refractivity contribution < 1.29 is 34.0 Å². The Kier molecular flexibility index (Phi) is 9.94. The van der Waals surface area contributed by atoms with Crippen LogP contribution in [0.2, 0.25) is 0 Å². The number of anilines is 1. The van der Waals surface area contributed by atoms with Gasteiger partial charge in [0, 0.05) is 47.9 Å². The summed E-state index contributed by atoms with van der Waals surface area (Å²) >= 11 is 1.42. The highest BCUT2D eigenvalue weighted by molar-refractivity contribution is 7.99. The number of aliphatic hydroxyl groups is 1. The number of ether oxygens (including phenoxy) is 2. The second-order valence-corrected chi connectivity index (χ2v) is 10.5. The Morgan fingerprint density at radius 1 is 1.03 bits per heavy atom. The molecule has 4 atom stereocenters. The Bertz CT molecular complexity index is 1270. The van der Waals surface area contributed by atoms with Crippen molar-refractivity contribution in [3.63, 3.8) is 0 Å². The largest absolute Gasteiger partial charge is 0.618 e. The number of hydrogen-bond donors (Lipinski definition) is 3. The van der Waals surface area contributed by atoms with Gasteiger partial charge in [0.15, 0.2) is 12.5 Å². The minimum atomic E-state index is -0.934. The number of aromatic nitrogens is 1. The summed E-state index contributed by atoms with van der Waals surface area (Å²) in [5.74, 6) is -0.721. The van der Waals surface area contributed by atoms with E-state index in [9.17, 15) is 19.9 Å². The molecule has 1 saturated heterocycles. The molecule has 0 spiro atoms. The zero-order chi connectivity index (χ0) is 27.8. The maximum absolute atomic E-state index is 12.3. The molecule has 1 fully saturated rings. The number of nitrogens with zero attached hydrogens (tertiary/aromatic N) is 1. The summed E-state index contributed by atoms with van der Waals surface area (Å²) in [7, 11) is 0. The first-order valence-electron chi connectivity index (χ1n) is 12.8. The van der Waals surface area contributed by atoms with Gasteiger partial charge in [-0.05, 0) is 35.7 Å². The molecule has 0 aliphatic carbocycles. The van der Waals surface area contributed by atoms with Gasteiger partial charge in [-0.3, -0.25) is 9.59 Å². The number of pyridine rings is 1. The van der Waals surface area contributed by atoms with Crippen molar-refractivity contribution in [2.45, 2.75) is 56.3 Å². The van der Waals surface area contributed by atoms with Gasteiger partial charge in [0.2, 0.25) is 5.91 Å². The van der Waals surface area contributed by atoms with Crippen LogP contribution in [0.1, 0.15) is 55.3 Å². The standard InChI is InChI=1S/C29H32N2O7S/c1-19-24(18-39-26-9-2-3-15-31(26)36)37-29(38-28(19)21-13-11-20(17-32)12-14-21)22-6-4-7-23(16-22)30-25(33)8-5-10-27(34)35/h2-4,6-7,9,11-16,19,24,28-29,32H,5,8,10,17-18H2,1H3,(H,30,33)(H,34,35). The van der Waals surface area contributed by atoms with E-state index >= 15 is 0 Å². The fraction of sp³-hybridized carbons (Fsp3) is 0.345. The molecule has 2 aromatic carbocycles. The third-order valence-electron chi connectivity index (χ3n) is 6.54. The van der Waals surface area contributed by atoms with Crippen molar-refractivity contribution in [1.82, 2.24) is 0 Å². The third-order valence-corrected chi connectivity index (χ3v) is 7.65. The zero-order valence-corrected chi connectivity index (χ0v) is 22.4. The summed E-state index contributed by atoms with van der Waals surface area (Å²) in [5.41, 5.74) is 3.03. The van der Waals surface area contributed by atoms with Crippen molar-refractivity contribution in [3.05, 3.63) is 94.8 Å². The van der Waals surface area contributed by atoms with E-state index in [-0.39, 0.29) is 49.9 Å². The molecule has 4 unspecified atom stereocenters. The van der Waals surface area contributed by atoms with E-state index in [1.807, 2.05) is 36.4 Å². The molecule has 1 aliphatic rings. The predicted octanol–water partition coefficient (Wildman–Crippen LogP) is 4.59. The van der Waals surface area contributed by atoms with Gasteiger partial charge in [-0.15, -0.1) is 0 Å². The average Bonchev–Trinajstić information content (AvgIpc) is 2.93. The summed E-state index contributed by atoms with van der Waals surface area (Å²) in [4.78, 5) is 23.0. The number of amides is 1. The topological polar surface area (TPSA) is 132 Å². The second kappa shape index (κ2) is 13.6. The van der Waals surface area contributed by atoms with Crippen LogP contribution in [0.4, 0.5) is 5.69 Å². The third kappa shape index (κ3) is 7.79. The van der Waals surface area contributed by atoms with Crippen LogP contribution in [0.15, 0.2) is 78.0 Å². The Labute approximate surface area is 231 Å². The van der Waals surface area contributed by atoms with Crippen molar-refractivity contribution in [1.29, 1.82) is 0 Å². The van der Waals surface area contributed by atoms with Crippen LogP contribution >= 0.6 is 11.8 Å². The number of benzene rings is 2. The molecule has 39 heavy (non-hydrogen) atoms. The zero-order valence-electron chi connectivity index (χ0n) is 21.6. The maximum Gasteiger partial charge on any atom is 0.303 e. The first-order chi connectivity index (χ1) is 18.8. The molecule has 1 aliphatic heterocycles. The van der Waals surface area contributed by atoms with Gasteiger partial charge < -0.3 is 30.2 Å². The lowest BCUT2D eigenvalue weighted by atomic mass is 9.91. The van der Waals surface area contributed by atoms with E-state index in [2.05, 4.69) is 12.2 Å². The van der Waals surface area contributed by atoms with Gasteiger partial charge in [-0.25, -0.2) is 0 Å². The predicted molar refractivity (Wildman–Crippen MR) is 146 cm³/mol. The number of carboxylic acid groups (broad SMARTS) is 1. The van der Waals surface area contributed by atoms with Crippen LogP contribution in [-0.4, -0.2) is 33.9 Å². The maximum atomic E-state index is 12.3. The Morgan fingerprint density at radius 2 is 1.82 bits per heavy atom. The number of carboxylic acids is 1. The minimum Gasteiger partial charge on any atom is -0.618 e. The molecule has 4 rings (SSSR count). The second-order valence-electron chi connectivity index (χ2n) is 9.42. The molecule has 0 bridgehead atoms. The lowest BCUT2D eigenvalue weighted by Crippen LogP contribution is -2.39. The van der Waals surface area contributed by atoms with E-state index in [1.54, 1.807) is 30.3 Å². The van der Waals surface area contributed by atoms with Gasteiger partial charge >= 0.3 is 5.97 Å². The molecule has 10 heteroatoms. The Morgan fingerprint density at radius 3 is 2.54 bits per heavy atom. The molecular weight excluding hydrogens is 520 g/mol. The van der Waals surface area contributed by atoms with Crippen molar-refractivity contribution in [3.8, 4) is 0 Å². The molecule has 9 nitrogen and oxygen atoms in total. The van der Waals surface area contributed by atoms with E-state index in [0.29, 0.717) is 16.5 Å². The van der Waals surface area contributed by atoms with Crippen molar-refractivity contribution in [2.75, 3.05) is 11.1 Å². The summed E-state index contributed by atoms with van der Waals surface area (Å²) in [6.45, 7) is 2.00. The van der Waals surface area contributed by atoms with E-state index < -0.39 is 12.3 Å². The van der Waals surface area contributed by atoms with Crippen LogP contribution in [0.25, 0.3) is 0 Å². The van der Waals surface area contributed by atoms with Gasteiger partial charge in [0.05, 0.1) is 18.8 Å². The van der Waals surface area contributed by atoms with Gasteiger partial charge in [0.1, 0.15) is 0 Å². The quantitative estimate of drug-likeness (QED) is 0.179. The number of rotatable bonds is 11. The highest BCUT2D eigenvalue weighted by atomic mass is 32.2. The molecule has 2 heterocycles. The van der Waals surface area contributed by atoms with Gasteiger partial charge in [-0.2, -0.15) is 4.73 Å². The number of aliphatic hydroxyl groups excluding tert-OH is 1. The summed E-state index contributed by atoms with van der Waals surface area (Å²) in [6.07, 6.45) is 0.464. The number of hydrogen-bond acceptors (Lipinski definition) is 7. The number of aliphatic carboxylic acids is 1. The normalized spacial score (nSPS) is 20.9. The van der Waals surface area contributed by atoms with Crippen LogP contribution < -0.4 is 10.0 Å². The van der Waals surface area contributed by atoms with Crippen LogP contribution in [0.3, 0.4) is 0 Å². The van der Waals surface area contributed by atoms with Crippen LogP contribution in [0, 0.1) is 11.1 Å². The number of carbonyl (C=O) groups excluding carboxylic acids is 1. The summed E-state index contributed by atoms with van der Waals surface area (Å²) in [6, 6.07) is 20.1. The summed E-state index contributed by atoms with van der Waals surface area (Å²) < 4.78 is 13.7. The first-order valence-corrected chi connectivity index (χ1v) is 13.8. The molecule has 3 N–H and O–H groups in total. The van der Waals surface area contributed by atoms with Crippen LogP contribution in [-0.2, 0) is 25.7 Å². The molecule has 0 radical (unpaired) electrons. The molecule has 1 aromatic heterocycles. The Hall–Kier alpha value is -3.44. The van der Waals surface area contributed by atoms with E-state index in [0.717, 1.165) is 21.4 Å². The monoisotopic (exact) mass is 552 g/mol. The fourth-order valence-electron chi connectivity index (χ4n) is 4.39. The minimum absolute atomic E-state index is 0.0466.